The number of rotatable bonds is 4. The van der Waals surface area contributed by atoms with Crippen molar-refractivity contribution in [3.8, 4) is 11.3 Å². The van der Waals surface area contributed by atoms with Crippen LogP contribution < -0.4 is 11.1 Å². The Bertz CT molecular complexity index is 1320. The molecule has 0 radical (unpaired) electrons. The van der Waals surface area contributed by atoms with Crippen LogP contribution in [-0.4, -0.2) is 25.4 Å². The molecule has 0 aliphatic heterocycles. The van der Waals surface area contributed by atoms with Gasteiger partial charge in [0.1, 0.15) is 28.7 Å². The number of nitrogens with one attached hydrogen (secondary N) is 1. The molecule has 2 aromatic carbocycles. The van der Waals surface area contributed by atoms with E-state index >= 15 is 0 Å². The van der Waals surface area contributed by atoms with Gasteiger partial charge in [-0.05, 0) is 49.7 Å². The number of carbonyl (C=O) groups is 1. The van der Waals surface area contributed by atoms with Crippen LogP contribution >= 0.6 is 11.6 Å². The van der Waals surface area contributed by atoms with Crippen molar-refractivity contribution in [1.82, 2.24) is 14.4 Å². The molecule has 4 rings (SSSR count). The van der Waals surface area contributed by atoms with E-state index in [0.717, 1.165) is 11.8 Å². The summed E-state index contributed by atoms with van der Waals surface area (Å²) in [6, 6.07) is 10.5. The molecule has 31 heavy (non-hydrogen) atoms. The average molecular weight is 440 g/mol. The van der Waals surface area contributed by atoms with Crippen molar-refractivity contribution in [1.29, 1.82) is 0 Å². The minimum atomic E-state index is -1.45. The summed E-state index contributed by atoms with van der Waals surface area (Å²) in [6.45, 7) is 3.66. The molecule has 0 unspecified atom stereocenters. The Morgan fingerprint density at radius 2 is 2.03 bits per heavy atom. The average Bonchev–Trinajstić information content (AvgIpc) is 3.08. The molecule has 0 aliphatic rings. The maximum atomic E-state index is 15.0. The van der Waals surface area contributed by atoms with Crippen LogP contribution in [0.15, 0.2) is 48.7 Å². The van der Waals surface area contributed by atoms with Gasteiger partial charge in [-0.3, -0.25) is 9.20 Å². The number of nitrogens with two attached hydrogens (primary N) is 1. The van der Waals surface area contributed by atoms with Gasteiger partial charge in [0.25, 0.3) is 5.91 Å². The van der Waals surface area contributed by atoms with Crippen LogP contribution in [0.5, 0.6) is 0 Å². The van der Waals surface area contributed by atoms with Crippen molar-refractivity contribution in [2.24, 2.45) is 0 Å². The molecule has 1 atom stereocenters. The molecule has 0 bridgehead atoms. The van der Waals surface area contributed by atoms with E-state index in [1.165, 1.54) is 18.2 Å². The molecule has 9 heteroatoms. The standard InChI is InChI=1S/C22H19ClFN5O2/c1-11-10-26-21(25)19-18(27-12(2)29(11)19)16-7-6-15(9-17(16)24)28-22(31)20(30)13-4-3-5-14(23)8-13/h3-10,20,30H,1-2H3,(H2,25,26)(H,28,31)/t20-/m0/s1. The molecule has 0 fully saturated rings. The molecule has 7 nitrogen and oxygen atoms in total. The normalized spacial score (nSPS) is 12.2. The number of aryl methyl sites for hydroxylation is 2. The minimum absolute atomic E-state index is 0.190. The molecular formula is C22H19ClFN5O2. The van der Waals surface area contributed by atoms with Crippen molar-refractivity contribution >= 4 is 34.5 Å². The third-order valence-electron chi connectivity index (χ3n) is 4.94. The second kappa shape index (κ2) is 7.98. The Morgan fingerprint density at radius 3 is 2.74 bits per heavy atom. The number of benzene rings is 2. The van der Waals surface area contributed by atoms with Gasteiger partial charge in [0.2, 0.25) is 0 Å². The number of aliphatic hydroxyl groups is 1. The molecule has 0 aliphatic carbocycles. The number of hydrogen-bond acceptors (Lipinski definition) is 5. The zero-order chi connectivity index (χ0) is 22.3. The van der Waals surface area contributed by atoms with Gasteiger partial charge in [-0.1, -0.05) is 23.7 Å². The second-order valence-corrected chi connectivity index (χ2v) is 7.55. The SMILES string of the molecule is Cc1cnc(N)c2c(-c3ccc(NC(=O)[C@@H](O)c4cccc(Cl)c4)cc3F)nc(C)n12. The lowest BCUT2D eigenvalue weighted by Gasteiger charge is -2.13. The highest BCUT2D eigenvalue weighted by Crippen LogP contribution is 2.32. The maximum Gasteiger partial charge on any atom is 0.257 e. The number of halogens is 2. The first-order valence-electron chi connectivity index (χ1n) is 9.40. The van der Waals surface area contributed by atoms with E-state index in [1.54, 1.807) is 31.3 Å². The number of nitrogens with zero attached hydrogens (tertiary/aromatic N) is 3. The van der Waals surface area contributed by atoms with E-state index in [-0.39, 0.29) is 17.1 Å². The highest BCUT2D eigenvalue weighted by molar-refractivity contribution is 6.30. The molecule has 4 N–H and O–H groups in total. The third-order valence-corrected chi connectivity index (χ3v) is 5.17. The van der Waals surface area contributed by atoms with Crippen LogP contribution in [0.2, 0.25) is 5.02 Å². The first-order valence-corrected chi connectivity index (χ1v) is 9.78. The Labute approximate surface area is 182 Å². The van der Waals surface area contributed by atoms with Crippen LogP contribution in [0.3, 0.4) is 0 Å². The zero-order valence-corrected chi connectivity index (χ0v) is 17.5. The largest absolute Gasteiger partial charge is 0.382 e. The van der Waals surface area contributed by atoms with Crippen molar-refractivity contribution < 1.29 is 14.3 Å². The number of nitrogen functional groups attached to an aromatic ring is 1. The fraction of sp³-hybridized carbons (Fsp3) is 0.136. The summed E-state index contributed by atoms with van der Waals surface area (Å²) in [4.78, 5) is 21.0. The first kappa shape index (κ1) is 20.8. The van der Waals surface area contributed by atoms with Gasteiger partial charge in [0, 0.05) is 28.2 Å². The van der Waals surface area contributed by atoms with Gasteiger partial charge in [0.05, 0.1) is 0 Å². The second-order valence-electron chi connectivity index (χ2n) is 7.12. The van der Waals surface area contributed by atoms with Crippen molar-refractivity contribution in [3.05, 3.63) is 76.6 Å². The Kier molecular flexibility index (Phi) is 5.34. The van der Waals surface area contributed by atoms with E-state index in [9.17, 15) is 14.3 Å². The highest BCUT2D eigenvalue weighted by atomic mass is 35.5. The van der Waals surface area contributed by atoms with Gasteiger partial charge in [0.15, 0.2) is 6.10 Å². The van der Waals surface area contributed by atoms with E-state index < -0.39 is 17.8 Å². The monoisotopic (exact) mass is 439 g/mol. The van der Waals surface area contributed by atoms with E-state index in [4.69, 9.17) is 17.3 Å². The first-order chi connectivity index (χ1) is 14.8. The smallest absolute Gasteiger partial charge is 0.257 e. The fourth-order valence-electron chi connectivity index (χ4n) is 3.49. The molecule has 0 saturated heterocycles. The van der Waals surface area contributed by atoms with Gasteiger partial charge in [-0.15, -0.1) is 0 Å². The molecule has 4 aromatic rings. The van der Waals surface area contributed by atoms with Gasteiger partial charge in [-0.2, -0.15) is 0 Å². The quantitative estimate of drug-likeness (QED) is 0.444. The van der Waals surface area contributed by atoms with E-state index in [1.807, 2.05) is 11.3 Å². The zero-order valence-electron chi connectivity index (χ0n) is 16.7. The number of aliphatic hydroxyl groups excluding tert-OH is 1. The summed E-state index contributed by atoms with van der Waals surface area (Å²) in [6.07, 6.45) is 0.177. The number of carbonyl (C=O) groups excluding carboxylic acids is 1. The van der Waals surface area contributed by atoms with Crippen molar-refractivity contribution in [2.75, 3.05) is 11.1 Å². The summed E-state index contributed by atoms with van der Waals surface area (Å²) >= 11 is 5.90. The summed E-state index contributed by atoms with van der Waals surface area (Å²) in [5.74, 6) is -0.418. The van der Waals surface area contributed by atoms with Crippen LogP contribution in [0.25, 0.3) is 16.8 Å². The van der Waals surface area contributed by atoms with Crippen molar-refractivity contribution in [3.63, 3.8) is 0 Å². The van der Waals surface area contributed by atoms with Crippen LogP contribution in [0, 0.1) is 19.7 Å². The summed E-state index contributed by atoms with van der Waals surface area (Å²) in [5, 5.41) is 13.2. The van der Waals surface area contributed by atoms with Gasteiger partial charge >= 0.3 is 0 Å². The molecule has 2 heterocycles. The summed E-state index contributed by atoms with van der Waals surface area (Å²) < 4.78 is 16.8. The number of imidazole rings is 1. The van der Waals surface area contributed by atoms with E-state index in [2.05, 4.69) is 15.3 Å². The fourth-order valence-corrected chi connectivity index (χ4v) is 3.69. The Hall–Kier alpha value is -3.49. The molecule has 0 spiro atoms. The molecule has 0 saturated carbocycles. The Balaban J connectivity index is 1.65. The lowest BCUT2D eigenvalue weighted by molar-refractivity contribution is -0.124. The van der Waals surface area contributed by atoms with Crippen molar-refractivity contribution in [2.45, 2.75) is 20.0 Å². The maximum absolute atomic E-state index is 15.0. The van der Waals surface area contributed by atoms with Gasteiger partial charge < -0.3 is 16.2 Å². The number of amides is 1. The number of fused-ring (bicyclic) bond motifs is 1. The topological polar surface area (TPSA) is 106 Å². The predicted octanol–water partition coefficient (Wildman–Crippen LogP) is 4.06. The lowest BCUT2D eigenvalue weighted by Crippen LogP contribution is -2.20. The molecular weight excluding hydrogens is 421 g/mol. The number of hydrogen-bond donors (Lipinski definition) is 3. The van der Waals surface area contributed by atoms with Crippen LogP contribution in [0.4, 0.5) is 15.9 Å². The predicted molar refractivity (Wildman–Crippen MR) is 117 cm³/mol. The summed E-state index contributed by atoms with van der Waals surface area (Å²) in [7, 11) is 0. The van der Waals surface area contributed by atoms with Crippen LogP contribution in [-0.2, 0) is 4.79 Å². The minimum Gasteiger partial charge on any atom is -0.382 e. The summed E-state index contributed by atoms with van der Waals surface area (Å²) in [5.41, 5.74) is 8.48. The Morgan fingerprint density at radius 1 is 1.26 bits per heavy atom. The van der Waals surface area contributed by atoms with E-state index in [0.29, 0.717) is 27.6 Å². The molecule has 2 aromatic heterocycles. The van der Waals surface area contributed by atoms with Gasteiger partial charge in [-0.25, -0.2) is 14.4 Å². The number of aromatic nitrogens is 3. The number of anilines is 2. The molecule has 158 valence electrons. The van der Waals surface area contributed by atoms with Crippen LogP contribution in [0.1, 0.15) is 23.2 Å². The highest BCUT2D eigenvalue weighted by Gasteiger charge is 2.21. The lowest BCUT2D eigenvalue weighted by atomic mass is 10.1. The molecule has 1 amide bonds. The third kappa shape index (κ3) is 3.83.